The first-order valence-corrected chi connectivity index (χ1v) is 5.72. The standard InChI is InChI=1S/C8H11N3O2S/c9-14(12,13)7-2-1-6-4-10-5-11-8(6)3-7/h1-3,10-11H,4-5H2,(H2,9,12,13). The molecular weight excluding hydrogens is 202 g/mol. The van der Waals surface area contributed by atoms with Gasteiger partial charge in [-0.15, -0.1) is 0 Å². The second-order valence-electron chi connectivity index (χ2n) is 3.14. The van der Waals surface area contributed by atoms with Gasteiger partial charge in [0.25, 0.3) is 0 Å². The molecule has 5 nitrogen and oxygen atoms in total. The Morgan fingerprint density at radius 2 is 2.14 bits per heavy atom. The number of benzene rings is 1. The number of nitrogens with one attached hydrogen (secondary N) is 2. The van der Waals surface area contributed by atoms with Gasteiger partial charge in [0.05, 0.1) is 11.6 Å². The van der Waals surface area contributed by atoms with Crippen molar-refractivity contribution in [2.45, 2.75) is 11.4 Å². The normalized spacial score (nSPS) is 15.8. The van der Waals surface area contributed by atoms with Crippen LogP contribution in [0.1, 0.15) is 5.56 Å². The van der Waals surface area contributed by atoms with E-state index in [0.29, 0.717) is 6.67 Å². The van der Waals surface area contributed by atoms with Gasteiger partial charge in [0.15, 0.2) is 0 Å². The van der Waals surface area contributed by atoms with E-state index in [4.69, 9.17) is 5.14 Å². The smallest absolute Gasteiger partial charge is 0.238 e. The first kappa shape index (κ1) is 9.45. The summed E-state index contributed by atoms with van der Waals surface area (Å²) in [5.41, 5.74) is 1.87. The highest BCUT2D eigenvalue weighted by molar-refractivity contribution is 7.89. The maximum atomic E-state index is 11.1. The van der Waals surface area contributed by atoms with Crippen LogP contribution in [0, 0.1) is 0 Å². The topological polar surface area (TPSA) is 84.2 Å². The number of hydrogen-bond donors (Lipinski definition) is 3. The third-order valence-corrected chi connectivity index (χ3v) is 3.04. The zero-order valence-electron chi connectivity index (χ0n) is 7.45. The minimum Gasteiger partial charge on any atom is -0.372 e. The van der Waals surface area contributed by atoms with Crippen molar-refractivity contribution < 1.29 is 8.42 Å². The number of nitrogens with two attached hydrogens (primary N) is 1. The highest BCUT2D eigenvalue weighted by Crippen LogP contribution is 2.21. The van der Waals surface area contributed by atoms with E-state index >= 15 is 0 Å². The lowest BCUT2D eigenvalue weighted by Gasteiger charge is -2.19. The summed E-state index contributed by atoms with van der Waals surface area (Å²) in [6.45, 7) is 1.38. The van der Waals surface area contributed by atoms with E-state index in [1.807, 2.05) is 0 Å². The molecule has 0 atom stereocenters. The van der Waals surface area contributed by atoms with Gasteiger partial charge in [-0.1, -0.05) is 6.07 Å². The Morgan fingerprint density at radius 1 is 1.36 bits per heavy atom. The molecule has 0 unspecified atom stereocenters. The number of hydrogen-bond acceptors (Lipinski definition) is 4. The first-order chi connectivity index (χ1) is 6.57. The number of primary sulfonamides is 1. The van der Waals surface area contributed by atoms with Crippen molar-refractivity contribution in [2.24, 2.45) is 5.14 Å². The van der Waals surface area contributed by atoms with Gasteiger partial charge in [0.1, 0.15) is 0 Å². The minimum atomic E-state index is -3.60. The molecule has 1 aromatic carbocycles. The van der Waals surface area contributed by atoms with Gasteiger partial charge in [-0.05, 0) is 17.7 Å². The van der Waals surface area contributed by atoms with Crippen LogP contribution in [0.2, 0.25) is 0 Å². The molecule has 0 aromatic heterocycles. The third kappa shape index (κ3) is 1.72. The maximum absolute atomic E-state index is 11.1. The van der Waals surface area contributed by atoms with E-state index in [2.05, 4.69) is 10.6 Å². The Morgan fingerprint density at radius 3 is 2.86 bits per heavy atom. The van der Waals surface area contributed by atoms with Gasteiger partial charge in [0, 0.05) is 12.2 Å². The van der Waals surface area contributed by atoms with Crippen LogP contribution >= 0.6 is 0 Å². The molecule has 4 N–H and O–H groups in total. The van der Waals surface area contributed by atoms with Crippen LogP contribution in [-0.2, 0) is 16.6 Å². The predicted molar refractivity (Wildman–Crippen MR) is 53.1 cm³/mol. The van der Waals surface area contributed by atoms with E-state index in [9.17, 15) is 8.42 Å². The molecule has 1 aliphatic rings. The van der Waals surface area contributed by atoms with Crippen molar-refractivity contribution >= 4 is 15.7 Å². The zero-order valence-corrected chi connectivity index (χ0v) is 8.26. The second kappa shape index (κ2) is 3.23. The summed E-state index contributed by atoms with van der Waals surface area (Å²) in [5.74, 6) is 0. The summed E-state index contributed by atoms with van der Waals surface area (Å²) < 4.78 is 22.1. The fourth-order valence-electron chi connectivity index (χ4n) is 1.41. The Balaban J connectivity index is 2.49. The summed E-state index contributed by atoms with van der Waals surface area (Å²) >= 11 is 0. The molecule has 2 rings (SSSR count). The van der Waals surface area contributed by atoms with Gasteiger partial charge < -0.3 is 5.32 Å². The van der Waals surface area contributed by atoms with Gasteiger partial charge in [-0.2, -0.15) is 0 Å². The Labute approximate surface area is 82.4 Å². The molecule has 0 saturated carbocycles. The molecule has 14 heavy (non-hydrogen) atoms. The van der Waals surface area contributed by atoms with Crippen LogP contribution < -0.4 is 15.8 Å². The average Bonchev–Trinajstić information content (AvgIpc) is 2.16. The van der Waals surface area contributed by atoms with Gasteiger partial charge in [0.2, 0.25) is 10.0 Å². The fourth-order valence-corrected chi connectivity index (χ4v) is 1.95. The van der Waals surface area contributed by atoms with Crippen LogP contribution in [0.3, 0.4) is 0 Å². The number of rotatable bonds is 1. The number of sulfonamides is 1. The lowest BCUT2D eigenvalue weighted by molar-refractivity contribution is 0.597. The van der Waals surface area contributed by atoms with Crippen molar-refractivity contribution in [3.05, 3.63) is 23.8 Å². The van der Waals surface area contributed by atoms with Crippen LogP contribution in [0.4, 0.5) is 5.69 Å². The van der Waals surface area contributed by atoms with E-state index in [1.54, 1.807) is 12.1 Å². The molecular formula is C8H11N3O2S. The van der Waals surface area contributed by atoms with Crippen LogP contribution in [0.25, 0.3) is 0 Å². The van der Waals surface area contributed by atoms with E-state index in [1.165, 1.54) is 6.07 Å². The highest BCUT2D eigenvalue weighted by Gasteiger charge is 2.13. The van der Waals surface area contributed by atoms with E-state index in [0.717, 1.165) is 17.8 Å². The molecule has 0 bridgehead atoms. The van der Waals surface area contributed by atoms with E-state index < -0.39 is 10.0 Å². The Bertz CT molecular complexity index is 456. The Hall–Kier alpha value is -1.11. The van der Waals surface area contributed by atoms with Gasteiger partial charge >= 0.3 is 0 Å². The quantitative estimate of drug-likeness (QED) is 0.603. The van der Waals surface area contributed by atoms with Gasteiger partial charge in [-0.3, -0.25) is 5.32 Å². The fraction of sp³-hybridized carbons (Fsp3) is 0.250. The summed E-state index contributed by atoms with van der Waals surface area (Å²) in [7, 11) is -3.60. The van der Waals surface area contributed by atoms with Gasteiger partial charge in [-0.25, -0.2) is 13.6 Å². The summed E-state index contributed by atoms with van der Waals surface area (Å²) in [5, 5.41) is 11.2. The summed E-state index contributed by atoms with van der Waals surface area (Å²) in [4.78, 5) is 0.144. The molecule has 1 heterocycles. The first-order valence-electron chi connectivity index (χ1n) is 4.18. The molecule has 0 aliphatic carbocycles. The summed E-state index contributed by atoms with van der Waals surface area (Å²) in [6.07, 6.45) is 0. The number of anilines is 1. The number of fused-ring (bicyclic) bond motifs is 1. The largest absolute Gasteiger partial charge is 0.372 e. The molecule has 76 valence electrons. The molecule has 0 spiro atoms. The maximum Gasteiger partial charge on any atom is 0.238 e. The molecule has 0 saturated heterocycles. The van der Waals surface area contributed by atoms with Crippen LogP contribution in [0.15, 0.2) is 23.1 Å². The molecule has 0 amide bonds. The lowest BCUT2D eigenvalue weighted by Crippen LogP contribution is -2.27. The lowest BCUT2D eigenvalue weighted by atomic mass is 10.1. The van der Waals surface area contributed by atoms with Crippen molar-refractivity contribution in [2.75, 3.05) is 12.0 Å². The molecule has 0 radical (unpaired) electrons. The molecule has 0 fully saturated rings. The minimum absolute atomic E-state index is 0.144. The van der Waals surface area contributed by atoms with Crippen molar-refractivity contribution in [3.63, 3.8) is 0 Å². The molecule has 6 heteroatoms. The highest BCUT2D eigenvalue weighted by atomic mass is 32.2. The second-order valence-corrected chi connectivity index (χ2v) is 4.71. The van der Waals surface area contributed by atoms with Crippen LogP contribution in [-0.4, -0.2) is 15.1 Å². The van der Waals surface area contributed by atoms with E-state index in [-0.39, 0.29) is 4.90 Å². The SMILES string of the molecule is NS(=O)(=O)c1ccc2c(c1)NCNC2. The van der Waals surface area contributed by atoms with Crippen LogP contribution in [0.5, 0.6) is 0 Å². The molecule has 1 aromatic rings. The zero-order chi connectivity index (χ0) is 10.2. The predicted octanol–water partition coefficient (Wildman–Crippen LogP) is -0.193. The summed E-state index contributed by atoms with van der Waals surface area (Å²) in [6, 6.07) is 4.84. The monoisotopic (exact) mass is 213 g/mol. The van der Waals surface area contributed by atoms with Crippen molar-refractivity contribution in [3.8, 4) is 0 Å². The molecule has 1 aliphatic heterocycles. The van der Waals surface area contributed by atoms with Crippen molar-refractivity contribution in [1.82, 2.24) is 5.32 Å². The average molecular weight is 213 g/mol. The van der Waals surface area contributed by atoms with Crippen molar-refractivity contribution in [1.29, 1.82) is 0 Å². The third-order valence-electron chi connectivity index (χ3n) is 2.13. The Kier molecular flexibility index (Phi) is 2.18.